The highest BCUT2D eigenvalue weighted by molar-refractivity contribution is 5.84. The second-order valence-electron chi connectivity index (χ2n) is 9.07. The SMILES string of the molecule is CN(CCC=C1c2ccccc2CCc2ccccc21)C(CCO)C(=O)NCc1ccc(F)cc1. The van der Waals surface area contributed by atoms with E-state index in [1.54, 1.807) is 12.1 Å². The molecule has 4 nitrogen and oxygen atoms in total. The standard InChI is InChI=1S/C30H33FN2O2/c1-33(29(18-20-34)30(35)32-21-22-12-16-25(31)17-13-22)19-6-11-28-26-9-4-2-7-23(26)14-15-24-8-3-5-10-27(24)28/h2-5,7-13,16-17,29,34H,6,14-15,18-21H2,1H3,(H,32,35). The summed E-state index contributed by atoms with van der Waals surface area (Å²) in [4.78, 5) is 14.9. The average Bonchev–Trinajstić information content (AvgIpc) is 3.04. The van der Waals surface area contributed by atoms with Gasteiger partial charge in [-0.1, -0.05) is 66.7 Å². The van der Waals surface area contributed by atoms with Crippen LogP contribution in [0.1, 0.15) is 40.7 Å². The number of fused-ring (bicyclic) bond motifs is 2. The molecule has 2 N–H and O–H groups in total. The van der Waals surface area contributed by atoms with Crippen molar-refractivity contribution in [1.29, 1.82) is 0 Å². The third-order valence-corrected chi connectivity index (χ3v) is 6.73. The third kappa shape index (κ3) is 6.24. The molecule has 0 spiro atoms. The molecule has 182 valence electrons. The number of aliphatic hydroxyl groups is 1. The number of aryl methyl sites for hydroxylation is 2. The van der Waals surface area contributed by atoms with Crippen LogP contribution in [0.5, 0.6) is 0 Å². The number of hydrogen-bond donors (Lipinski definition) is 2. The summed E-state index contributed by atoms with van der Waals surface area (Å²) in [5.74, 6) is -0.435. The Balaban J connectivity index is 1.45. The van der Waals surface area contributed by atoms with Crippen molar-refractivity contribution < 1.29 is 14.3 Å². The van der Waals surface area contributed by atoms with Crippen molar-refractivity contribution in [2.45, 2.75) is 38.3 Å². The highest BCUT2D eigenvalue weighted by Crippen LogP contribution is 2.33. The monoisotopic (exact) mass is 472 g/mol. The fourth-order valence-corrected chi connectivity index (χ4v) is 4.79. The van der Waals surface area contributed by atoms with E-state index in [0.717, 1.165) is 24.8 Å². The predicted molar refractivity (Wildman–Crippen MR) is 138 cm³/mol. The molecule has 1 aliphatic carbocycles. The van der Waals surface area contributed by atoms with Crippen LogP contribution in [0.2, 0.25) is 0 Å². The van der Waals surface area contributed by atoms with Gasteiger partial charge in [-0.15, -0.1) is 0 Å². The molecule has 0 aliphatic heterocycles. The van der Waals surface area contributed by atoms with Crippen molar-refractivity contribution in [3.05, 3.63) is 113 Å². The van der Waals surface area contributed by atoms with Crippen molar-refractivity contribution in [3.63, 3.8) is 0 Å². The number of nitrogens with zero attached hydrogens (tertiary/aromatic N) is 1. The number of nitrogens with one attached hydrogen (secondary N) is 1. The van der Waals surface area contributed by atoms with E-state index in [9.17, 15) is 14.3 Å². The second-order valence-corrected chi connectivity index (χ2v) is 9.07. The summed E-state index contributed by atoms with van der Waals surface area (Å²) in [6, 6.07) is 22.9. The zero-order valence-corrected chi connectivity index (χ0v) is 20.2. The minimum atomic E-state index is -0.437. The fourth-order valence-electron chi connectivity index (χ4n) is 4.79. The van der Waals surface area contributed by atoms with Crippen LogP contribution < -0.4 is 5.32 Å². The van der Waals surface area contributed by atoms with Crippen LogP contribution >= 0.6 is 0 Å². The van der Waals surface area contributed by atoms with Crippen molar-refractivity contribution >= 4 is 11.5 Å². The maximum Gasteiger partial charge on any atom is 0.237 e. The predicted octanol–water partition coefficient (Wildman–Crippen LogP) is 4.75. The first-order valence-corrected chi connectivity index (χ1v) is 12.3. The first-order valence-electron chi connectivity index (χ1n) is 12.3. The lowest BCUT2D eigenvalue weighted by Crippen LogP contribution is -2.45. The molecule has 0 aromatic heterocycles. The van der Waals surface area contributed by atoms with Gasteiger partial charge in [0, 0.05) is 19.7 Å². The van der Waals surface area contributed by atoms with E-state index in [-0.39, 0.29) is 18.3 Å². The molecule has 0 saturated carbocycles. The number of aliphatic hydroxyl groups excluding tert-OH is 1. The van der Waals surface area contributed by atoms with Gasteiger partial charge in [0.15, 0.2) is 0 Å². The fraction of sp³-hybridized carbons (Fsp3) is 0.300. The van der Waals surface area contributed by atoms with Crippen LogP contribution in [0.3, 0.4) is 0 Å². The van der Waals surface area contributed by atoms with E-state index in [2.05, 4.69) is 59.9 Å². The molecule has 1 amide bonds. The Morgan fingerprint density at radius 1 is 1.00 bits per heavy atom. The number of carbonyl (C=O) groups is 1. The summed E-state index contributed by atoms with van der Waals surface area (Å²) in [7, 11) is 1.92. The first kappa shape index (κ1) is 24.8. The lowest BCUT2D eigenvalue weighted by atomic mass is 9.93. The zero-order valence-electron chi connectivity index (χ0n) is 20.2. The van der Waals surface area contributed by atoms with Crippen LogP contribution in [0, 0.1) is 5.82 Å². The Labute approximate surface area is 207 Å². The molecule has 0 radical (unpaired) electrons. The number of likely N-dealkylation sites (N-methyl/N-ethyl adjacent to an activating group) is 1. The molecule has 5 heteroatoms. The molecule has 1 aliphatic rings. The first-order chi connectivity index (χ1) is 17.1. The van der Waals surface area contributed by atoms with E-state index in [0.29, 0.717) is 19.5 Å². The lowest BCUT2D eigenvalue weighted by molar-refractivity contribution is -0.126. The Morgan fingerprint density at radius 2 is 1.60 bits per heavy atom. The van der Waals surface area contributed by atoms with Gasteiger partial charge in [0.05, 0.1) is 6.04 Å². The third-order valence-electron chi connectivity index (χ3n) is 6.73. The number of hydrogen-bond acceptors (Lipinski definition) is 3. The van der Waals surface area contributed by atoms with E-state index < -0.39 is 6.04 Å². The van der Waals surface area contributed by atoms with Gasteiger partial charge < -0.3 is 10.4 Å². The van der Waals surface area contributed by atoms with Gasteiger partial charge in [-0.2, -0.15) is 0 Å². The topological polar surface area (TPSA) is 52.6 Å². The minimum Gasteiger partial charge on any atom is -0.396 e. The summed E-state index contributed by atoms with van der Waals surface area (Å²) in [5, 5.41) is 12.5. The van der Waals surface area contributed by atoms with Crippen molar-refractivity contribution in [1.82, 2.24) is 10.2 Å². The van der Waals surface area contributed by atoms with Gasteiger partial charge in [0.25, 0.3) is 0 Å². The molecule has 4 rings (SSSR count). The number of rotatable bonds is 9. The van der Waals surface area contributed by atoms with Crippen LogP contribution in [-0.2, 0) is 24.2 Å². The molecular formula is C30H33FN2O2. The normalized spacial score (nSPS) is 13.5. The number of amides is 1. The summed E-state index contributed by atoms with van der Waals surface area (Å²) in [6.45, 7) is 0.940. The van der Waals surface area contributed by atoms with Crippen LogP contribution in [0.4, 0.5) is 4.39 Å². The van der Waals surface area contributed by atoms with E-state index >= 15 is 0 Å². The number of halogens is 1. The van der Waals surface area contributed by atoms with Crippen LogP contribution in [0.15, 0.2) is 78.9 Å². The highest BCUT2D eigenvalue weighted by atomic mass is 19.1. The molecule has 1 atom stereocenters. The average molecular weight is 473 g/mol. The Kier molecular flexibility index (Phi) is 8.45. The van der Waals surface area contributed by atoms with Gasteiger partial charge in [-0.05, 0) is 78.3 Å². The van der Waals surface area contributed by atoms with Crippen LogP contribution in [0.25, 0.3) is 5.57 Å². The molecule has 3 aromatic carbocycles. The van der Waals surface area contributed by atoms with Crippen molar-refractivity contribution in [3.8, 4) is 0 Å². The number of benzene rings is 3. The molecule has 35 heavy (non-hydrogen) atoms. The van der Waals surface area contributed by atoms with Gasteiger partial charge in [0.2, 0.25) is 5.91 Å². The van der Waals surface area contributed by atoms with E-state index in [4.69, 9.17) is 0 Å². The molecule has 3 aromatic rings. The second kappa shape index (κ2) is 11.9. The molecule has 1 unspecified atom stereocenters. The molecular weight excluding hydrogens is 439 g/mol. The van der Waals surface area contributed by atoms with E-state index in [1.807, 2.05) is 11.9 Å². The summed E-state index contributed by atoms with van der Waals surface area (Å²) >= 11 is 0. The lowest BCUT2D eigenvalue weighted by Gasteiger charge is -2.26. The van der Waals surface area contributed by atoms with Crippen molar-refractivity contribution in [2.75, 3.05) is 20.2 Å². The quantitative estimate of drug-likeness (QED) is 0.473. The zero-order chi connectivity index (χ0) is 24.6. The summed E-state index contributed by atoms with van der Waals surface area (Å²) in [5.41, 5.74) is 7.37. The smallest absolute Gasteiger partial charge is 0.237 e. The maximum absolute atomic E-state index is 13.1. The molecule has 0 fully saturated rings. The Hall–Kier alpha value is -3.28. The largest absolute Gasteiger partial charge is 0.396 e. The van der Waals surface area contributed by atoms with Gasteiger partial charge >= 0.3 is 0 Å². The van der Waals surface area contributed by atoms with Gasteiger partial charge in [-0.3, -0.25) is 9.69 Å². The Bertz CT molecular complexity index is 1120. The number of carbonyl (C=O) groups excluding carboxylic acids is 1. The van der Waals surface area contributed by atoms with E-state index in [1.165, 1.54) is 40.0 Å². The molecule has 0 bridgehead atoms. The minimum absolute atomic E-state index is 0.0686. The highest BCUT2D eigenvalue weighted by Gasteiger charge is 2.23. The summed E-state index contributed by atoms with van der Waals surface area (Å²) < 4.78 is 13.1. The van der Waals surface area contributed by atoms with Crippen LogP contribution in [-0.4, -0.2) is 42.2 Å². The maximum atomic E-state index is 13.1. The van der Waals surface area contributed by atoms with Crippen molar-refractivity contribution in [2.24, 2.45) is 0 Å². The summed E-state index contributed by atoms with van der Waals surface area (Å²) in [6.07, 6.45) is 5.47. The molecule has 0 saturated heterocycles. The Morgan fingerprint density at radius 3 is 2.20 bits per heavy atom. The van der Waals surface area contributed by atoms with Gasteiger partial charge in [-0.25, -0.2) is 4.39 Å². The van der Waals surface area contributed by atoms with Gasteiger partial charge in [0.1, 0.15) is 5.82 Å². The molecule has 0 heterocycles.